The molecule has 1 aromatic heterocycles. The summed E-state index contributed by atoms with van der Waals surface area (Å²) < 4.78 is 2.18. The zero-order valence-corrected chi connectivity index (χ0v) is 10.7. The van der Waals surface area contributed by atoms with E-state index in [0.29, 0.717) is 16.7 Å². The highest BCUT2D eigenvalue weighted by Gasteiger charge is 2.04. The first-order valence-corrected chi connectivity index (χ1v) is 6.36. The van der Waals surface area contributed by atoms with Crippen LogP contribution in [0.5, 0.6) is 0 Å². The molecule has 0 unspecified atom stereocenters. The molecule has 0 aliphatic carbocycles. The van der Waals surface area contributed by atoms with Crippen LogP contribution >= 0.6 is 12.2 Å². The number of hydrogen-bond donors (Lipinski definition) is 1. The van der Waals surface area contributed by atoms with E-state index < -0.39 is 0 Å². The molecule has 0 aliphatic rings. The van der Waals surface area contributed by atoms with Crippen molar-refractivity contribution in [3.8, 4) is 0 Å². The molecule has 0 spiro atoms. The first-order valence-electron chi connectivity index (χ1n) is 5.96. The molecule has 0 bridgehead atoms. The number of nitrogens with zero attached hydrogens (tertiary/aromatic N) is 1. The SMILES string of the molecule is CCCCCn1c(=S)[nH]c2ccccc2c1=O. The Morgan fingerprint density at radius 3 is 2.82 bits per heavy atom. The Hall–Kier alpha value is -1.42. The number of fused-ring (bicyclic) bond motifs is 1. The minimum atomic E-state index is 0.0143. The molecular formula is C13H16N2OS. The molecule has 0 aliphatic heterocycles. The van der Waals surface area contributed by atoms with E-state index in [1.165, 1.54) is 0 Å². The van der Waals surface area contributed by atoms with Gasteiger partial charge in [-0.25, -0.2) is 0 Å². The third-order valence-electron chi connectivity index (χ3n) is 2.87. The lowest BCUT2D eigenvalue weighted by Gasteiger charge is -2.07. The lowest BCUT2D eigenvalue weighted by atomic mass is 10.2. The van der Waals surface area contributed by atoms with Gasteiger partial charge in [-0.15, -0.1) is 0 Å². The number of para-hydroxylation sites is 1. The number of rotatable bonds is 4. The van der Waals surface area contributed by atoms with Crippen LogP contribution in [0.4, 0.5) is 0 Å². The summed E-state index contributed by atoms with van der Waals surface area (Å²) in [6.45, 7) is 2.84. The van der Waals surface area contributed by atoms with Crippen molar-refractivity contribution >= 4 is 23.1 Å². The predicted octanol–water partition coefficient (Wildman–Crippen LogP) is 3.25. The van der Waals surface area contributed by atoms with Gasteiger partial charge in [-0.3, -0.25) is 9.36 Å². The molecule has 1 N–H and O–H groups in total. The van der Waals surface area contributed by atoms with Crippen molar-refractivity contribution in [1.82, 2.24) is 9.55 Å². The van der Waals surface area contributed by atoms with Gasteiger partial charge in [0.15, 0.2) is 4.77 Å². The van der Waals surface area contributed by atoms with Crippen molar-refractivity contribution in [2.75, 3.05) is 0 Å². The molecule has 3 nitrogen and oxygen atoms in total. The first-order chi connectivity index (χ1) is 8.24. The van der Waals surface area contributed by atoms with E-state index in [4.69, 9.17) is 12.2 Å². The highest BCUT2D eigenvalue weighted by Crippen LogP contribution is 2.06. The fourth-order valence-corrected chi connectivity index (χ4v) is 2.21. The molecule has 17 heavy (non-hydrogen) atoms. The molecule has 2 rings (SSSR count). The van der Waals surface area contributed by atoms with Crippen molar-refractivity contribution in [3.05, 3.63) is 39.4 Å². The second-order valence-electron chi connectivity index (χ2n) is 4.14. The quantitative estimate of drug-likeness (QED) is 0.666. The number of aromatic nitrogens is 2. The van der Waals surface area contributed by atoms with E-state index >= 15 is 0 Å². The molecule has 0 amide bonds. The van der Waals surface area contributed by atoms with E-state index in [-0.39, 0.29) is 5.56 Å². The Bertz CT molecular complexity index is 627. The highest BCUT2D eigenvalue weighted by atomic mass is 32.1. The molecule has 0 radical (unpaired) electrons. The van der Waals surface area contributed by atoms with Gasteiger partial charge in [-0.2, -0.15) is 0 Å². The molecule has 0 atom stereocenters. The average Bonchev–Trinajstić information content (AvgIpc) is 2.33. The Labute approximate surface area is 105 Å². The average molecular weight is 248 g/mol. The Morgan fingerprint density at radius 1 is 1.29 bits per heavy atom. The highest BCUT2D eigenvalue weighted by molar-refractivity contribution is 7.71. The third kappa shape index (κ3) is 2.47. The Balaban J connectivity index is 2.49. The monoisotopic (exact) mass is 248 g/mol. The molecule has 0 saturated carbocycles. The minimum Gasteiger partial charge on any atom is -0.332 e. The normalized spacial score (nSPS) is 10.9. The smallest absolute Gasteiger partial charge is 0.262 e. The van der Waals surface area contributed by atoms with Crippen LogP contribution in [0.2, 0.25) is 0 Å². The van der Waals surface area contributed by atoms with Crippen LogP contribution in [0.3, 0.4) is 0 Å². The van der Waals surface area contributed by atoms with Gasteiger partial charge in [-0.05, 0) is 30.8 Å². The van der Waals surface area contributed by atoms with Crippen molar-refractivity contribution in [3.63, 3.8) is 0 Å². The van der Waals surface area contributed by atoms with Crippen LogP contribution in [0.25, 0.3) is 10.9 Å². The summed E-state index contributed by atoms with van der Waals surface area (Å²) in [7, 11) is 0. The largest absolute Gasteiger partial charge is 0.332 e. The minimum absolute atomic E-state index is 0.0143. The number of unbranched alkanes of at least 4 members (excludes halogenated alkanes) is 2. The molecule has 90 valence electrons. The summed E-state index contributed by atoms with van der Waals surface area (Å²) in [5.74, 6) is 0. The zero-order chi connectivity index (χ0) is 12.3. The standard InChI is InChI=1S/C13H16N2OS/c1-2-3-6-9-15-12(16)10-7-4-5-8-11(10)14-13(15)17/h4-5,7-8H,2-3,6,9H2,1H3,(H,14,17). The van der Waals surface area contributed by atoms with E-state index in [1.807, 2.05) is 24.3 Å². The molecular weight excluding hydrogens is 232 g/mol. The number of hydrogen-bond acceptors (Lipinski definition) is 2. The van der Waals surface area contributed by atoms with Crippen molar-refractivity contribution in [2.45, 2.75) is 32.7 Å². The summed E-state index contributed by atoms with van der Waals surface area (Å²) in [5.41, 5.74) is 0.828. The van der Waals surface area contributed by atoms with Gasteiger partial charge in [0, 0.05) is 6.54 Å². The van der Waals surface area contributed by atoms with Gasteiger partial charge < -0.3 is 4.98 Å². The lowest BCUT2D eigenvalue weighted by molar-refractivity contribution is 0.578. The van der Waals surface area contributed by atoms with Crippen LogP contribution in [-0.2, 0) is 6.54 Å². The Kier molecular flexibility index (Phi) is 3.74. The fourth-order valence-electron chi connectivity index (χ4n) is 1.92. The maximum atomic E-state index is 12.2. The summed E-state index contributed by atoms with van der Waals surface area (Å²) in [5, 5.41) is 0.706. The maximum Gasteiger partial charge on any atom is 0.262 e. The predicted molar refractivity (Wildman–Crippen MR) is 72.9 cm³/mol. The van der Waals surface area contributed by atoms with Crippen LogP contribution in [0.1, 0.15) is 26.2 Å². The molecule has 0 fully saturated rings. The molecule has 1 aromatic carbocycles. The summed E-state index contributed by atoms with van der Waals surface area (Å²) in [4.78, 5) is 15.3. The van der Waals surface area contributed by atoms with Gasteiger partial charge >= 0.3 is 0 Å². The van der Waals surface area contributed by atoms with Gasteiger partial charge in [-0.1, -0.05) is 31.9 Å². The second-order valence-corrected chi connectivity index (χ2v) is 4.53. The summed E-state index contributed by atoms with van der Waals surface area (Å²) in [6, 6.07) is 7.48. The second kappa shape index (κ2) is 5.27. The van der Waals surface area contributed by atoms with Crippen LogP contribution in [0.15, 0.2) is 29.1 Å². The number of benzene rings is 1. The fraction of sp³-hybridized carbons (Fsp3) is 0.385. The van der Waals surface area contributed by atoms with E-state index in [0.717, 1.165) is 24.8 Å². The molecule has 2 aromatic rings. The van der Waals surface area contributed by atoms with Gasteiger partial charge in [0.25, 0.3) is 5.56 Å². The van der Waals surface area contributed by atoms with Crippen LogP contribution < -0.4 is 5.56 Å². The molecule has 0 saturated heterocycles. The van der Waals surface area contributed by atoms with Crippen LogP contribution in [-0.4, -0.2) is 9.55 Å². The van der Waals surface area contributed by atoms with Gasteiger partial charge in [0.1, 0.15) is 0 Å². The summed E-state index contributed by atoms with van der Waals surface area (Å²) in [6.07, 6.45) is 3.25. The number of H-pyrrole nitrogens is 1. The first kappa shape index (κ1) is 12.0. The van der Waals surface area contributed by atoms with E-state index in [1.54, 1.807) is 4.57 Å². The van der Waals surface area contributed by atoms with Crippen molar-refractivity contribution in [1.29, 1.82) is 0 Å². The lowest BCUT2D eigenvalue weighted by Crippen LogP contribution is -2.22. The number of aromatic amines is 1. The maximum absolute atomic E-state index is 12.2. The Morgan fingerprint density at radius 2 is 2.06 bits per heavy atom. The van der Waals surface area contributed by atoms with Crippen molar-refractivity contribution < 1.29 is 0 Å². The molecule has 4 heteroatoms. The van der Waals surface area contributed by atoms with E-state index in [9.17, 15) is 4.79 Å². The zero-order valence-electron chi connectivity index (χ0n) is 9.90. The third-order valence-corrected chi connectivity index (χ3v) is 3.20. The van der Waals surface area contributed by atoms with E-state index in [2.05, 4.69) is 11.9 Å². The summed E-state index contributed by atoms with van der Waals surface area (Å²) >= 11 is 5.22. The van der Waals surface area contributed by atoms with Gasteiger partial charge in [0.05, 0.1) is 10.9 Å². The topological polar surface area (TPSA) is 37.8 Å². The van der Waals surface area contributed by atoms with Gasteiger partial charge in [0.2, 0.25) is 0 Å². The number of nitrogens with one attached hydrogen (secondary N) is 1. The molecule has 1 heterocycles. The van der Waals surface area contributed by atoms with Crippen molar-refractivity contribution in [2.24, 2.45) is 0 Å². The van der Waals surface area contributed by atoms with Crippen LogP contribution in [0, 0.1) is 4.77 Å².